The minimum Gasteiger partial charge on any atom is -0.481 e. The number of likely N-dealkylation sites (tertiary alicyclic amines) is 1. The molecule has 3 N–H and O–H groups in total. The number of piperidine rings is 1. The largest absolute Gasteiger partial charge is 0.481 e. The molecule has 2 aromatic rings. The first-order valence-electron chi connectivity index (χ1n) is 12.2. The van der Waals surface area contributed by atoms with Gasteiger partial charge >= 0.3 is 12.1 Å². The van der Waals surface area contributed by atoms with Crippen LogP contribution >= 0.6 is 0 Å². The van der Waals surface area contributed by atoms with Gasteiger partial charge in [0.25, 0.3) is 0 Å². The van der Waals surface area contributed by atoms with Crippen LogP contribution in [0.5, 0.6) is 0 Å². The summed E-state index contributed by atoms with van der Waals surface area (Å²) in [5.41, 5.74) is 4.55. The molecule has 35 heavy (non-hydrogen) atoms. The Hall–Kier alpha value is -3.39. The Labute approximate surface area is 204 Å². The van der Waals surface area contributed by atoms with Crippen molar-refractivity contribution < 1.29 is 29.3 Å². The molecule has 1 aliphatic heterocycles. The predicted octanol–water partition coefficient (Wildman–Crippen LogP) is 3.38. The predicted molar refractivity (Wildman–Crippen MR) is 130 cm³/mol. The molecule has 0 bridgehead atoms. The number of fused-ring (bicyclic) bond motifs is 3. The fourth-order valence-corrected chi connectivity index (χ4v) is 5.05. The molecule has 2 amide bonds. The monoisotopic (exact) mass is 480 g/mol. The fourth-order valence-electron chi connectivity index (χ4n) is 5.05. The summed E-state index contributed by atoms with van der Waals surface area (Å²) in [6.45, 7) is 1.24. The number of ether oxygens (including phenoxy) is 1. The van der Waals surface area contributed by atoms with Crippen molar-refractivity contribution in [2.75, 3.05) is 26.2 Å². The molecule has 0 saturated carbocycles. The van der Waals surface area contributed by atoms with Gasteiger partial charge < -0.3 is 25.2 Å². The van der Waals surface area contributed by atoms with E-state index in [1.54, 1.807) is 4.90 Å². The van der Waals surface area contributed by atoms with E-state index in [0.717, 1.165) is 35.1 Å². The van der Waals surface area contributed by atoms with Gasteiger partial charge in [0.2, 0.25) is 5.91 Å². The quantitative estimate of drug-likeness (QED) is 0.507. The minimum absolute atomic E-state index is 0.0434. The summed E-state index contributed by atoms with van der Waals surface area (Å²) in [6.07, 6.45) is 0.609. The van der Waals surface area contributed by atoms with Crippen molar-refractivity contribution in [2.45, 2.75) is 44.1 Å². The number of carboxylic acids is 1. The van der Waals surface area contributed by atoms with Gasteiger partial charge in [-0.05, 0) is 47.4 Å². The molecule has 0 radical (unpaired) electrons. The molecule has 1 atom stereocenters. The van der Waals surface area contributed by atoms with E-state index in [9.17, 15) is 19.5 Å². The second kappa shape index (κ2) is 11.4. The molecule has 8 heteroatoms. The molecule has 2 aliphatic rings. The number of aliphatic carboxylic acids is 1. The van der Waals surface area contributed by atoms with E-state index in [2.05, 4.69) is 17.4 Å². The highest BCUT2D eigenvalue weighted by molar-refractivity contribution is 5.79. The molecule has 1 aliphatic carbocycles. The normalized spacial score (nSPS) is 16.3. The van der Waals surface area contributed by atoms with Crippen LogP contribution < -0.4 is 5.32 Å². The standard InChI is InChI=1S/C27H32N2O6/c30-19(15-25(31)29-13-11-18(12-14-29)9-10-26(32)33)16-28-27(34)35-17-24-22-7-3-1-5-20(22)21-6-2-4-8-23(21)24/h1-8,18-19,24,30H,9-17H2,(H,28,34)(H,32,33). The SMILES string of the molecule is O=C(O)CCC1CCN(C(=O)CC(O)CNC(=O)OCC2c3ccccc3-c3ccccc32)CC1. The molecule has 0 spiro atoms. The van der Waals surface area contributed by atoms with Crippen LogP contribution in [0.25, 0.3) is 11.1 Å². The second-order valence-corrected chi connectivity index (χ2v) is 9.32. The minimum atomic E-state index is -1.01. The Kier molecular flexibility index (Phi) is 8.02. The van der Waals surface area contributed by atoms with E-state index < -0.39 is 18.2 Å². The number of carbonyl (C=O) groups excluding carboxylic acids is 2. The van der Waals surface area contributed by atoms with Crippen molar-refractivity contribution in [3.05, 3.63) is 59.7 Å². The average Bonchev–Trinajstić information content (AvgIpc) is 3.19. The first-order chi connectivity index (χ1) is 16.9. The van der Waals surface area contributed by atoms with Gasteiger partial charge in [0, 0.05) is 32.0 Å². The van der Waals surface area contributed by atoms with Crippen LogP contribution in [0.2, 0.25) is 0 Å². The lowest BCUT2D eigenvalue weighted by Crippen LogP contribution is -2.42. The zero-order valence-electron chi connectivity index (χ0n) is 19.7. The number of hydrogen-bond donors (Lipinski definition) is 3. The van der Waals surface area contributed by atoms with Crippen LogP contribution in [0, 0.1) is 5.92 Å². The molecule has 1 fully saturated rings. The summed E-state index contributed by atoms with van der Waals surface area (Å²) < 4.78 is 5.46. The molecule has 4 rings (SSSR count). The van der Waals surface area contributed by atoms with Gasteiger partial charge in [-0.15, -0.1) is 0 Å². The van der Waals surface area contributed by atoms with Crippen molar-refractivity contribution in [3.63, 3.8) is 0 Å². The van der Waals surface area contributed by atoms with Gasteiger partial charge in [0.05, 0.1) is 12.5 Å². The molecule has 186 valence electrons. The molecular formula is C27H32N2O6. The Morgan fingerprint density at radius 1 is 1.00 bits per heavy atom. The molecule has 8 nitrogen and oxygen atoms in total. The van der Waals surface area contributed by atoms with Crippen LogP contribution in [0.3, 0.4) is 0 Å². The number of alkyl carbamates (subject to hydrolysis) is 1. The third kappa shape index (κ3) is 6.19. The van der Waals surface area contributed by atoms with Crippen LogP contribution in [0.4, 0.5) is 4.79 Å². The number of carbonyl (C=O) groups is 3. The van der Waals surface area contributed by atoms with Gasteiger partial charge in [-0.1, -0.05) is 48.5 Å². The molecular weight excluding hydrogens is 448 g/mol. The Bertz CT molecular complexity index is 1020. The van der Waals surface area contributed by atoms with Crippen molar-refractivity contribution in [3.8, 4) is 11.1 Å². The number of hydrogen-bond acceptors (Lipinski definition) is 5. The third-order valence-electron chi connectivity index (χ3n) is 6.97. The molecule has 0 aromatic heterocycles. The fraction of sp³-hybridized carbons (Fsp3) is 0.444. The number of amides is 2. The number of rotatable bonds is 9. The van der Waals surface area contributed by atoms with Gasteiger partial charge in [-0.3, -0.25) is 9.59 Å². The van der Waals surface area contributed by atoms with Crippen LogP contribution in [-0.2, 0) is 14.3 Å². The summed E-state index contributed by atoms with van der Waals surface area (Å²) >= 11 is 0. The number of aliphatic hydroxyl groups is 1. The second-order valence-electron chi connectivity index (χ2n) is 9.32. The lowest BCUT2D eigenvalue weighted by atomic mass is 9.92. The van der Waals surface area contributed by atoms with Crippen LogP contribution in [0.15, 0.2) is 48.5 Å². The van der Waals surface area contributed by atoms with E-state index >= 15 is 0 Å². The smallest absolute Gasteiger partial charge is 0.407 e. The summed E-state index contributed by atoms with van der Waals surface area (Å²) in [7, 11) is 0. The summed E-state index contributed by atoms with van der Waals surface area (Å²) in [5.74, 6) is -0.688. The molecule has 2 aromatic carbocycles. The number of carboxylic acid groups (broad SMARTS) is 1. The Morgan fingerprint density at radius 2 is 1.60 bits per heavy atom. The molecule has 1 heterocycles. The maximum atomic E-state index is 12.5. The first-order valence-corrected chi connectivity index (χ1v) is 12.2. The lowest BCUT2D eigenvalue weighted by molar-refractivity contribution is -0.138. The number of aliphatic hydroxyl groups excluding tert-OH is 1. The van der Waals surface area contributed by atoms with E-state index in [4.69, 9.17) is 9.84 Å². The van der Waals surface area contributed by atoms with Crippen molar-refractivity contribution in [1.82, 2.24) is 10.2 Å². The van der Waals surface area contributed by atoms with Gasteiger partial charge in [0.1, 0.15) is 6.61 Å². The number of benzene rings is 2. The van der Waals surface area contributed by atoms with Crippen LogP contribution in [0.1, 0.15) is 49.1 Å². The summed E-state index contributed by atoms with van der Waals surface area (Å²) in [5, 5.41) is 21.6. The van der Waals surface area contributed by atoms with Gasteiger partial charge in [0.15, 0.2) is 0 Å². The van der Waals surface area contributed by atoms with Crippen LogP contribution in [-0.4, -0.2) is 65.4 Å². The highest BCUT2D eigenvalue weighted by Gasteiger charge is 2.29. The van der Waals surface area contributed by atoms with E-state index in [-0.39, 0.29) is 37.8 Å². The summed E-state index contributed by atoms with van der Waals surface area (Å²) in [6, 6.07) is 16.2. The van der Waals surface area contributed by atoms with E-state index in [0.29, 0.717) is 25.4 Å². The van der Waals surface area contributed by atoms with Gasteiger partial charge in [-0.2, -0.15) is 0 Å². The first kappa shape index (κ1) is 24.7. The molecule has 1 saturated heterocycles. The topological polar surface area (TPSA) is 116 Å². The lowest BCUT2D eigenvalue weighted by Gasteiger charge is -2.32. The zero-order valence-corrected chi connectivity index (χ0v) is 19.7. The molecule has 1 unspecified atom stereocenters. The van der Waals surface area contributed by atoms with E-state index in [1.165, 1.54) is 0 Å². The van der Waals surface area contributed by atoms with Crippen molar-refractivity contribution in [2.24, 2.45) is 5.92 Å². The highest BCUT2D eigenvalue weighted by Crippen LogP contribution is 2.44. The average molecular weight is 481 g/mol. The maximum absolute atomic E-state index is 12.5. The Balaban J connectivity index is 1.19. The third-order valence-corrected chi connectivity index (χ3v) is 6.97. The van der Waals surface area contributed by atoms with Crippen molar-refractivity contribution in [1.29, 1.82) is 0 Å². The Morgan fingerprint density at radius 3 is 2.20 bits per heavy atom. The maximum Gasteiger partial charge on any atom is 0.407 e. The number of nitrogens with zero attached hydrogens (tertiary/aromatic N) is 1. The number of nitrogens with one attached hydrogen (secondary N) is 1. The van der Waals surface area contributed by atoms with E-state index in [1.807, 2.05) is 36.4 Å². The summed E-state index contributed by atoms with van der Waals surface area (Å²) in [4.78, 5) is 37.2. The highest BCUT2D eigenvalue weighted by atomic mass is 16.5. The zero-order chi connectivity index (χ0) is 24.8. The van der Waals surface area contributed by atoms with Gasteiger partial charge in [-0.25, -0.2) is 4.79 Å². The van der Waals surface area contributed by atoms with Crippen molar-refractivity contribution >= 4 is 18.0 Å².